The van der Waals surface area contributed by atoms with E-state index in [2.05, 4.69) is 118 Å². The molecule has 0 aliphatic carbocycles. The number of rotatable bonds is 6. The minimum atomic E-state index is 1.07. The number of nitrogens with one attached hydrogen (secondary N) is 2. The zero-order valence-corrected chi connectivity index (χ0v) is 19.8. The topological polar surface area (TPSA) is 30.5 Å². The average Bonchev–Trinajstić information content (AvgIpc) is 2.93. The summed E-state index contributed by atoms with van der Waals surface area (Å²) in [5, 5.41) is 6.81. The maximum atomic E-state index is 3.41. The second-order valence-corrected chi connectivity index (χ2v) is 8.99. The fraction of sp³-hybridized carbons (Fsp3) is 0.267. The van der Waals surface area contributed by atoms with Gasteiger partial charge in [-0.3, -0.25) is 0 Å². The molecule has 0 spiro atoms. The Bertz CT molecular complexity index is 996. The highest BCUT2D eigenvalue weighted by Crippen LogP contribution is 2.19. The molecule has 2 fully saturated rings. The van der Waals surface area contributed by atoms with E-state index >= 15 is 0 Å². The van der Waals surface area contributed by atoms with Crippen molar-refractivity contribution in [1.29, 1.82) is 0 Å². The minimum Gasteiger partial charge on any atom is -0.369 e. The van der Waals surface area contributed by atoms with E-state index in [1.165, 1.54) is 33.6 Å². The third-order valence-electron chi connectivity index (χ3n) is 6.62. The van der Waals surface area contributed by atoms with Gasteiger partial charge in [-0.05, 0) is 46.5 Å². The van der Waals surface area contributed by atoms with Gasteiger partial charge in [0.15, 0.2) is 0 Å². The van der Waals surface area contributed by atoms with Crippen LogP contribution < -0.4 is 20.4 Å². The van der Waals surface area contributed by atoms with Crippen LogP contribution in [0.3, 0.4) is 0 Å². The summed E-state index contributed by atoms with van der Waals surface area (Å²) >= 11 is 0. The molecule has 0 unspecified atom stereocenters. The second-order valence-electron chi connectivity index (χ2n) is 8.99. The van der Waals surface area contributed by atoms with Crippen LogP contribution in [0.15, 0.2) is 72.8 Å². The lowest BCUT2D eigenvalue weighted by atomic mass is 10.1. The van der Waals surface area contributed by atoms with Gasteiger partial charge in [-0.25, -0.2) is 0 Å². The molecule has 2 saturated heterocycles. The van der Waals surface area contributed by atoms with E-state index in [1.807, 2.05) is 0 Å². The number of hydrogen-bond donors (Lipinski definition) is 2. The van der Waals surface area contributed by atoms with Crippen LogP contribution in [0.2, 0.25) is 0 Å². The largest absolute Gasteiger partial charge is 0.369 e. The molecular weight excluding hydrogens is 416 g/mol. The van der Waals surface area contributed by atoms with Gasteiger partial charge in [-0.15, -0.1) is 0 Å². The van der Waals surface area contributed by atoms with Crippen LogP contribution in [0.5, 0.6) is 0 Å². The van der Waals surface area contributed by atoms with E-state index in [4.69, 9.17) is 0 Å². The molecule has 4 heteroatoms. The summed E-state index contributed by atoms with van der Waals surface area (Å²) in [5.41, 5.74) is 7.51. The molecule has 174 valence electrons. The summed E-state index contributed by atoms with van der Waals surface area (Å²) in [7, 11) is 0. The van der Waals surface area contributed by atoms with Gasteiger partial charge >= 0.3 is 0 Å². The lowest BCUT2D eigenvalue weighted by Gasteiger charge is -2.29. The minimum absolute atomic E-state index is 1.07. The van der Waals surface area contributed by atoms with Crippen molar-refractivity contribution in [3.63, 3.8) is 0 Å². The number of hydrogen-bond acceptors (Lipinski definition) is 4. The molecule has 0 radical (unpaired) electrons. The molecule has 2 heterocycles. The molecule has 2 aliphatic heterocycles. The molecule has 4 nitrogen and oxygen atoms in total. The SMILES string of the molecule is C(=Cc1ccc(N2CCNCC2)cc1)c1ccc(C=Cc2ccc(N3CCNCC3)cc2)cc1. The Hall–Kier alpha value is -3.34. The van der Waals surface area contributed by atoms with Gasteiger partial charge in [0.05, 0.1) is 0 Å². The maximum absolute atomic E-state index is 3.41. The van der Waals surface area contributed by atoms with Gasteiger partial charge in [0, 0.05) is 63.7 Å². The molecule has 34 heavy (non-hydrogen) atoms. The first-order valence-corrected chi connectivity index (χ1v) is 12.4. The molecule has 0 saturated carbocycles. The van der Waals surface area contributed by atoms with Crippen molar-refractivity contribution < 1.29 is 0 Å². The molecule has 5 rings (SSSR count). The molecule has 3 aromatic carbocycles. The van der Waals surface area contributed by atoms with Gasteiger partial charge < -0.3 is 20.4 Å². The number of anilines is 2. The Morgan fingerprint density at radius 3 is 0.971 bits per heavy atom. The first-order valence-electron chi connectivity index (χ1n) is 12.4. The van der Waals surface area contributed by atoms with Gasteiger partial charge in [-0.1, -0.05) is 72.8 Å². The van der Waals surface area contributed by atoms with Crippen LogP contribution in [0, 0.1) is 0 Å². The Kier molecular flexibility index (Phi) is 7.39. The van der Waals surface area contributed by atoms with E-state index in [-0.39, 0.29) is 0 Å². The summed E-state index contributed by atoms with van der Waals surface area (Å²) in [4.78, 5) is 4.88. The van der Waals surface area contributed by atoms with Crippen molar-refractivity contribution in [3.8, 4) is 0 Å². The van der Waals surface area contributed by atoms with Gasteiger partial charge in [0.2, 0.25) is 0 Å². The van der Waals surface area contributed by atoms with E-state index in [9.17, 15) is 0 Å². The van der Waals surface area contributed by atoms with Crippen molar-refractivity contribution in [3.05, 3.63) is 95.1 Å². The summed E-state index contributed by atoms with van der Waals surface area (Å²) in [6.07, 6.45) is 8.74. The highest BCUT2D eigenvalue weighted by atomic mass is 15.2. The van der Waals surface area contributed by atoms with Crippen LogP contribution >= 0.6 is 0 Å². The third kappa shape index (κ3) is 5.96. The third-order valence-corrected chi connectivity index (χ3v) is 6.62. The summed E-state index contributed by atoms with van der Waals surface area (Å²) in [6, 6.07) is 26.5. The number of benzene rings is 3. The van der Waals surface area contributed by atoms with Gasteiger partial charge in [0.25, 0.3) is 0 Å². The molecule has 2 N–H and O–H groups in total. The van der Waals surface area contributed by atoms with Crippen LogP contribution in [0.25, 0.3) is 24.3 Å². The molecule has 0 bridgehead atoms. The first-order chi connectivity index (χ1) is 16.8. The number of nitrogens with zero attached hydrogens (tertiary/aromatic N) is 2. The second kappa shape index (κ2) is 11.2. The Balaban J connectivity index is 1.16. The fourth-order valence-electron chi connectivity index (χ4n) is 4.54. The van der Waals surface area contributed by atoms with Gasteiger partial charge in [-0.2, -0.15) is 0 Å². The van der Waals surface area contributed by atoms with Crippen LogP contribution in [0.1, 0.15) is 22.3 Å². The Labute approximate surface area is 203 Å². The van der Waals surface area contributed by atoms with E-state index in [0.29, 0.717) is 0 Å². The number of piperazine rings is 2. The zero-order valence-electron chi connectivity index (χ0n) is 19.8. The lowest BCUT2D eigenvalue weighted by Crippen LogP contribution is -2.43. The average molecular weight is 451 g/mol. The molecular formula is C30H34N4. The highest BCUT2D eigenvalue weighted by Gasteiger charge is 2.10. The standard InChI is InChI=1S/C30H34N4/c1-2-26(6-8-28-11-15-30(16-12-28)34-23-19-32-20-24-34)4-3-25(1)5-7-27-9-13-29(14-10-27)33-21-17-31-18-22-33/h1-16,31-32H,17-24H2. The summed E-state index contributed by atoms with van der Waals surface area (Å²) in [6.45, 7) is 8.59. The van der Waals surface area contributed by atoms with E-state index in [1.54, 1.807) is 0 Å². The van der Waals surface area contributed by atoms with Crippen LogP contribution in [-0.4, -0.2) is 52.4 Å². The molecule has 2 aliphatic rings. The molecule has 0 atom stereocenters. The van der Waals surface area contributed by atoms with Gasteiger partial charge in [0.1, 0.15) is 0 Å². The van der Waals surface area contributed by atoms with E-state index < -0.39 is 0 Å². The highest BCUT2D eigenvalue weighted by molar-refractivity contribution is 5.74. The van der Waals surface area contributed by atoms with Crippen LogP contribution in [-0.2, 0) is 0 Å². The summed E-state index contributed by atoms with van der Waals surface area (Å²) < 4.78 is 0. The monoisotopic (exact) mass is 450 g/mol. The Morgan fingerprint density at radius 1 is 0.412 bits per heavy atom. The zero-order chi connectivity index (χ0) is 23.0. The summed E-state index contributed by atoms with van der Waals surface area (Å²) in [5.74, 6) is 0. The van der Waals surface area contributed by atoms with Crippen LogP contribution in [0.4, 0.5) is 11.4 Å². The van der Waals surface area contributed by atoms with Crippen molar-refractivity contribution in [2.45, 2.75) is 0 Å². The molecule has 0 amide bonds. The molecule has 3 aromatic rings. The Morgan fingerprint density at radius 2 is 0.676 bits per heavy atom. The van der Waals surface area contributed by atoms with E-state index in [0.717, 1.165) is 52.4 Å². The van der Waals surface area contributed by atoms with Crippen molar-refractivity contribution >= 4 is 35.7 Å². The van der Waals surface area contributed by atoms with Crippen molar-refractivity contribution in [2.75, 3.05) is 62.2 Å². The predicted octanol–water partition coefficient (Wildman–Crippen LogP) is 4.85. The smallest absolute Gasteiger partial charge is 0.0367 e. The fourth-order valence-corrected chi connectivity index (χ4v) is 4.54. The van der Waals surface area contributed by atoms with Crippen molar-refractivity contribution in [2.24, 2.45) is 0 Å². The normalized spacial score (nSPS) is 17.1. The quantitative estimate of drug-likeness (QED) is 0.526. The maximum Gasteiger partial charge on any atom is 0.0367 e. The predicted molar refractivity (Wildman–Crippen MR) is 147 cm³/mol. The first kappa shape index (κ1) is 22.5. The molecule has 0 aromatic heterocycles. The van der Waals surface area contributed by atoms with Crippen molar-refractivity contribution in [1.82, 2.24) is 10.6 Å². The lowest BCUT2D eigenvalue weighted by molar-refractivity contribution is 0.589.